The van der Waals surface area contributed by atoms with Crippen LogP contribution in [0.5, 0.6) is 5.88 Å². The zero-order valence-corrected chi connectivity index (χ0v) is 11.4. The molecule has 108 valence electrons. The van der Waals surface area contributed by atoms with Crippen LogP contribution in [0.2, 0.25) is 0 Å². The summed E-state index contributed by atoms with van der Waals surface area (Å²) in [4.78, 5) is 17.9. The molecule has 1 atom stereocenters. The molecule has 2 aliphatic rings. The Kier molecular flexibility index (Phi) is 3.38. The Morgan fingerprint density at radius 3 is 2.90 bits per heavy atom. The molecule has 0 aromatic carbocycles. The lowest BCUT2D eigenvalue weighted by molar-refractivity contribution is -0.119. The molecule has 1 amide bonds. The highest BCUT2D eigenvalue weighted by molar-refractivity contribution is 5.84. The van der Waals surface area contributed by atoms with Crippen LogP contribution in [0.4, 0.5) is 11.5 Å². The lowest BCUT2D eigenvalue weighted by Gasteiger charge is -2.23. The second kappa shape index (κ2) is 5.19. The summed E-state index contributed by atoms with van der Waals surface area (Å²) < 4.78 is 5.68. The number of hydrogen-bond donors (Lipinski definition) is 2. The number of pyridine rings is 1. The average molecular weight is 276 g/mol. The van der Waals surface area contributed by atoms with Crippen LogP contribution in [-0.2, 0) is 4.79 Å². The summed E-state index contributed by atoms with van der Waals surface area (Å²) >= 11 is 0. The van der Waals surface area contributed by atoms with E-state index < -0.39 is 0 Å². The Morgan fingerprint density at radius 2 is 2.20 bits per heavy atom. The van der Waals surface area contributed by atoms with Crippen molar-refractivity contribution in [1.82, 2.24) is 4.98 Å². The second-order valence-corrected chi connectivity index (χ2v) is 5.57. The van der Waals surface area contributed by atoms with Crippen molar-refractivity contribution in [3.8, 4) is 5.88 Å². The molecule has 3 rings (SSSR count). The Bertz CT molecular complexity index is 516. The summed E-state index contributed by atoms with van der Waals surface area (Å²) in [6.45, 7) is 1.45. The molecule has 4 N–H and O–H groups in total. The van der Waals surface area contributed by atoms with Gasteiger partial charge in [-0.3, -0.25) is 4.79 Å². The van der Waals surface area contributed by atoms with Gasteiger partial charge in [0.2, 0.25) is 11.8 Å². The predicted molar refractivity (Wildman–Crippen MR) is 76.4 cm³/mol. The van der Waals surface area contributed by atoms with E-state index in [4.69, 9.17) is 16.2 Å². The van der Waals surface area contributed by atoms with Gasteiger partial charge in [-0.15, -0.1) is 0 Å². The average Bonchev–Trinajstić information content (AvgIpc) is 3.11. The number of nitrogen functional groups attached to an aromatic ring is 1. The Morgan fingerprint density at radius 1 is 1.40 bits per heavy atom. The van der Waals surface area contributed by atoms with Gasteiger partial charge in [0.1, 0.15) is 11.9 Å². The summed E-state index contributed by atoms with van der Waals surface area (Å²) in [6.07, 6.45) is 4.16. The summed E-state index contributed by atoms with van der Waals surface area (Å²) in [7, 11) is 0. The summed E-state index contributed by atoms with van der Waals surface area (Å²) in [6, 6.07) is 3.32. The van der Waals surface area contributed by atoms with Gasteiger partial charge in [-0.1, -0.05) is 0 Å². The van der Waals surface area contributed by atoms with Gasteiger partial charge in [0, 0.05) is 6.54 Å². The largest absolute Gasteiger partial charge is 0.476 e. The highest BCUT2D eigenvalue weighted by Gasteiger charge is 2.30. The topological polar surface area (TPSA) is 94.5 Å². The molecular formula is C14H20N4O2. The van der Waals surface area contributed by atoms with Crippen LogP contribution < -0.4 is 21.1 Å². The normalized spacial score (nSPS) is 22.0. The van der Waals surface area contributed by atoms with Gasteiger partial charge in [-0.25, -0.2) is 0 Å². The first kappa shape index (κ1) is 13.0. The Hall–Kier alpha value is -1.98. The van der Waals surface area contributed by atoms with E-state index in [0.717, 1.165) is 19.4 Å². The van der Waals surface area contributed by atoms with Crippen molar-refractivity contribution in [2.45, 2.75) is 31.7 Å². The van der Waals surface area contributed by atoms with E-state index >= 15 is 0 Å². The smallest absolute Gasteiger partial charge is 0.240 e. The van der Waals surface area contributed by atoms with Crippen LogP contribution in [0.15, 0.2) is 12.1 Å². The van der Waals surface area contributed by atoms with Crippen LogP contribution in [0.3, 0.4) is 0 Å². The number of rotatable bonds is 5. The molecule has 1 aliphatic carbocycles. The molecule has 0 radical (unpaired) electrons. The zero-order valence-electron chi connectivity index (χ0n) is 11.4. The van der Waals surface area contributed by atoms with Crippen molar-refractivity contribution in [2.75, 3.05) is 23.8 Å². The highest BCUT2D eigenvalue weighted by atomic mass is 16.5. The Labute approximate surface area is 118 Å². The summed E-state index contributed by atoms with van der Waals surface area (Å²) in [5, 5.41) is 0. The highest BCUT2D eigenvalue weighted by Crippen LogP contribution is 2.32. The van der Waals surface area contributed by atoms with E-state index in [0.29, 0.717) is 29.9 Å². The predicted octanol–water partition coefficient (Wildman–Crippen LogP) is 0.907. The van der Waals surface area contributed by atoms with Crippen LogP contribution in [0.1, 0.15) is 25.7 Å². The maximum absolute atomic E-state index is 11.5. The zero-order chi connectivity index (χ0) is 14.1. The van der Waals surface area contributed by atoms with E-state index in [1.165, 1.54) is 12.8 Å². The van der Waals surface area contributed by atoms with Crippen molar-refractivity contribution < 1.29 is 9.53 Å². The number of amides is 1. The maximum Gasteiger partial charge on any atom is 0.240 e. The summed E-state index contributed by atoms with van der Waals surface area (Å²) in [5.74, 6) is 1.52. The quantitative estimate of drug-likeness (QED) is 0.833. The number of nitrogens with two attached hydrogens (primary N) is 2. The van der Waals surface area contributed by atoms with Gasteiger partial charge >= 0.3 is 0 Å². The number of aromatic nitrogens is 1. The maximum atomic E-state index is 11.5. The van der Waals surface area contributed by atoms with Gasteiger partial charge in [0.15, 0.2) is 0 Å². The fraction of sp³-hybridized carbons (Fsp3) is 0.571. The van der Waals surface area contributed by atoms with Gasteiger partial charge in [-0.2, -0.15) is 4.98 Å². The molecule has 0 spiro atoms. The number of anilines is 2. The van der Waals surface area contributed by atoms with E-state index in [1.807, 2.05) is 11.0 Å². The SMILES string of the molecule is NC(=O)C1CCCN1c1ccc(N)c(OCC2CC2)n1. The number of carbonyl (C=O) groups excluding carboxylic acids is 1. The molecule has 6 heteroatoms. The van der Waals surface area contributed by atoms with Crippen molar-refractivity contribution >= 4 is 17.4 Å². The van der Waals surface area contributed by atoms with Crippen molar-refractivity contribution in [2.24, 2.45) is 11.7 Å². The molecule has 0 bridgehead atoms. The minimum Gasteiger partial charge on any atom is -0.476 e. The van der Waals surface area contributed by atoms with Crippen LogP contribution in [0.25, 0.3) is 0 Å². The molecule has 1 unspecified atom stereocenters. The third-order valence-electron chi connectivity index (χ3n) is 3.90. The van der Waals surface area contributed by atoms with E-state index in [9.17, 15) is 4.79 Å². The molecular weight excluding hydrogens is 256 g/mol. The van der Waals surface area contributed by atoms with E-state index in [1.54, 1.807) is 6.07 Å². The molecule has 1 saturated carbocycles. The molecule has 1 saturated heterocycles. The lowest BCUT2D eigenvalue weighted by Crippen LogP contribution is -2.40. The molecule has 1 aliphatic heterocycles. The van der Waals surface area contributed by atoms with Crippen LogP contribution >= 0.6 is 0 Å². The number of nitrogens with zero attached hydrogens (tertiary/aromatic N) is 2. The standard InChI is InChI=1S/C14H20N4O2/c15-10-5-6-12(17-14(10)20-8-9-3-4-9)18-7-1-2-11(18)13(16)19/h5-6,9,11H,1-4,7-8,15H2,(H2,16,19). The minimum absolute atomic E-state index is 0.276. The first-order valence-corrected chi connectivity index (χ1v) is 7.10. The molecule has 1 aromatic heterocycles. The van der Waals surface area contributed by atoms with Gasteiger partial charge in [0.05, 0.1) is 12.3 Å². The van der Waals surface area contributed by atoms with Gasteiger partial charge < -0.3 is 21.1 Å². The molecule has 6 nitrogen and oxygen atoms in total. The number of carbonyl (C=O) groups is 1. The fourth-order valence-electron chi connectivity index (χ4n) is 2.54. The third-order valence-corrected chi connectivity index (χ3v) is 3.90. The monoisotopic (exact) mass is 276 g/mol. The van der Waals surface area contributed by atoms with E-state index in [-0.39, 0.29) is 11.9 Å². The third kappa shape index (κ3) is 2.64. The van der Waals surface area contributed by atoms with Crippen molar-refractivity contribution in [1.29, 1.82) is 0 Å². The molecule has 20 heavy (non-hydrogen) atoms. The minimum atomic E-state index is -0.304. The molecule has 2 fully saturated rings. The Balaban J connectivity index is 1.78. The van der Waals surface area contributed by atoms with E-state index in [2.05, 4.69) is 4.98 Å². The van der Waals surface area contributed by atoms with Crippen LogP contribution in [-0.4, -0.2) is 30.1 Å². The van der Waals surface area contributed by atoms with Crippen LogP contribution in [0, 0.1) is 5.92 Å². The number of ether oxygens (including phenoxy) is 1. The number of primary amides is 1. The first-order valence-electron chi connectivity index (χ1n) is 7.10. The first-order chi connectivity index (χ1) is 9.65. The molecule has 2 heterocycles. The second-order valence-electron chi connectivity index (χ2n) is 5.57. The van der Waals surface area contributed by atoms with Crippen molar-refractivity contribution in [3.05, 3.63) is 12.1 Å². The fourth-order valence-corrected chi connectivity index (χ4v) is 2.54. The summed E-state index contributed by atoms with van der Waals surface area (Å²) in [5.41, 5.74) is 11.9. The van der Waals surface area contributed by atoms with Gasteiger partial charge in [0.25, 0.3) is 0 Å². The lowest BCUT2D eigenvalue weighted by atomic mass is 10.2. The molecule has 1 aromatic rings. The number of hydrogen-bond acceptors (Lipinski definition) is 5. The van der Waals surface area contributed by atoms with Crippen molar-refractivity contribution in [3.63, 3.8) is 0 Å². The van der Waals surface area contributed by atoms with Gasteiger partial charge in [-0.05, 0) is 43.7 Å².